The predicted octanol–water partition coefficient (Wildman–Crippen LogP) is 4.37. The molecule has 1 aliphatic rings. The Morgan fingerprint density at radius 3 is 2.40 bits per heavy atom. The molecule has 1 aliphatic heterocycles. The molecule has 4 rings (SSSR count). The van der Waals surface area contributed by atoms with E-state index in [0.29, 0.717) is 37.4 Å². The smallest absolute Gasteiger partial charge is 0.269 e. The molecule has 0 fully saturated rings. The van der Waals surface area contributed by atoms with Crippen molar-refractivity contribution in [2.75, 3.05) is 37.8 Å². The number of anilines is 1. The first-order chi connectivity index (χ1) is 18.6. The summed E-state index contributed by atoms with van der Waals surface area (Å²) in [6.45, 7) is 1.41. The second-order valence-corrected chi connectivity index (χ2v) is 11.4. The molecule has 216 valence electrons. The number of nitro benzene ring substituents is 1. The Kier molecular flexibility index (Phi) is 10.7. The van der Waals surface area contributed by atoms with Gasteiger partial charge in [0.1, 0.15) is 11.5 Å². The first-order valence-electron chi connectivity index (χ1n) is 12.6. The first kappa shape index (κ1) is 31.2. The molecule has 0 amide bonds. The van der Waals surface area contributed by atoms with Gasteiger partial charge in [-0.05, 0) is 65.9 Å². The molecule has 0 aromatic heterocycles. The lowest BCUT2D eigenvalue weighted by atomic mass is 9.88. The second kappa shape index (κ2) is 13.8. The average molecular weight is 592 g/mol. The Labute approximate surface area is 240 Å². The number of ether oxygens (including phenoxy) is 2. The highest BCUT2D eigenvalue weighted by Crippen LogP contribution is 2.35. The highest BCUT2D eigenvalue weighted by Gasteiger charge is 2.29. The van der Waals surface area contributed by atoms with Crippen LogP contribution >= 0.6 is 12.4 Å². The van der Waals surface area contributed by atoms with Crippen LogP contribution in [0, 0.1) is 10.1 Å². The molecule has 0 bridgehead atoms. The van der Waals surface area contributed by atoms with Crippen LogP contribution in [0.2, 0.25) is 0 Å². The third kappa shape index (κ3) is 8.56. The third-order valence-electron chi connectivity index (χ3n) is 6.72. The Morgan fingerprint density at radius 2 is 1.77 bits per heavy atom. The minimum Gasteiger partial charge on any atom is -0.497 e. The number of aliphatic hydroxyl groups is 1. The summed E-state index contributed by atoms with van der Waals surface area (Å²) in [6.07, 6.45) is 2.32. The van der Waals surface area contributed by atoms with Gasteiger partial charge in [-0.2, -0.15) is 0 Å². The number of sulfonamides is 1. The van der Waals surface area contributed by atoms with Gasteiger partial charge in [0.05, 0.1) is 31.0 Å². The number of aliphatic hydroxyl groups excluding tert-OH is 1. The number of halogens is 1. The number of nitrogens with zero attached hydrogens (tertiary/aromatic N) is 2. The number of β-amino-alcohol motifs (C(OH)–C–C–N with tert-alkyl or cyclic N) is 1. The summed E-state index contributed by atoms with van der Waals surface area (Å²) in [5, 5.41) is 21.7. The molecule has 0 saturated heterocycles. The molecule has 2 N–H and O–H groups in total. The van der Waals surface area contributed by atoms with Crippen molar-refractivity contribution >= 4 is 33.8 Å². The molecule has 2 atom stereocenters. The first-order valence-corrected chi connectivity index (χ1v) is 14.5. The average Bonchev–Trinajstić information content (AvgIpc) is 2.89. The number of fused-ring (bicyclic) bond motifs is 1. The summed E-state index contributed by atoms with van der Waals surface area (Å²) < 4.78 is 37.0. The molecular formula is C28H34ClN3O7S. The van der Waals surface area contributed by atoms with Crippen LogP contribution < -0.4 is 14.2 Å². The monoisotopic (exact) mass is 591 g/mol. The summed E-state index contributed by atoms with van der Waals surface area (Å²) in [6, 6.07) is 19.4. The second-order valence-electron chi connectivity index (χ2n) is 9.64. The number of rotatable bonds is 12. The van der Waals surface area contributed by atoms with Crippen LogP contribution in [0.5, 0.6) is 11.5 Å². The van der Waals surface area contributed by atoms with Gasteiger partial charge in [-0.15, -0.1) is 12.4 Å². The fraction of sp³-hybridized carbons (Fsp3) is 0.357. The SMILES string of the molecule is COc1ccc(CC2c3ccc(NS(C)(=O)=O)cc3CCN2CC(O)CCOc2ccc([N+](=O)[O-])cc2)cc1.Cl. The van der Waals surface area contributed by atoms with Gasteiger partial charge in [0.25, 0.3) is 5.69 Å². The van der Waals surface area contributed by atoms with Gasteiger partial charge in [-0.1, -0.05) is 18.2 Å². The fourth-order valence-corrected chi connectivity index (χ4v) is 5.38. The van der Waals surface area contributed by atoms with E-state index in [1.165, 1.54) is 12.1 Å². The van der Waals surface area contributed by atoms with Crippen LogP contribution in [0.1, 0.15) is 29.2 Å². The van der Waals surface area contributed by atoms with E-state index in [4.69, 9.17) is 9.47 Å². The van der Waals surface area contributed by atoms with Crippen molar-refractivity contribution in [3.63, 3.8) is 0 Å². The largest absolute Gasteiger partial charge is 0.497 e. The minimum atomic E-state index is -3.38. The number of hydrogen-bond donors (Lipinski definition) is 2. The quantitative estimate of drug-likeness (QED) is 0.234. The van der Waals surface area contributed by atoms with E-state index >= 15 is 0 Å². The summed E-state index contributed by atoms with van der Waals surface area (Å²) in [7, 11) is -1.75. The van der Waals surface area contributed by atoms with E-state index in [-0.39, 0.29) is 30.7 Å². The van der Waals surface area contributed by atoms with Gasteiger partial charge in [-0.25, -0.2) is 8.42 Å². The maximum atomic E-state index is 11.7. The van der Waals surface area contributed by atoms with Gasteiger partial charge in [-0.3, -0.25) is 19.7 Å². The molecule has 0 aliphatic carbocycles. The summed E-state index contributed by atoms with van der Waals surface area (Å²) >= 11 is 0. The van der Waals surface area contributed by atoms with Gasteiger partial charge in [0.15, 0.2) is 0 Å². The molecule has 1 heterocycles. The van der Waals surface area contributed by atoms with Crippen LogP contribution in [0.3, 0.4) is 0 Å². The fourth-order valence-electron chi connectivity index (χ4n) is 4.82. The Hall–Kier alpha value is -3.38. The Balaban J connectivity index is 0.00000441. The topological polar surface area (TPSA) is 131 Å². The van der Waals surface area contributed by atoms with Crippen molar-refractivity contribution in [2.24, 2.45) is 0 Å². The van der Waals surface area contributed by atoms with Crippen molar-refractivity contribution in [3.8, 4) is 11.5 Å². The lowest BCUT2D eigenvalue weighted by Crippen LogP contribution is -2.41. The zero-order chi connectivity index (χ0) is 28.0. The summed E-state index contributed by atoms with van der Waals surface area (Å²) in [5.74, 6) is 1.29. The number of nitrogens with one attached hydrogen (secondary N) is 1. The molecule has 10 nitrogen and oxygen atoms in total. The van der Waals surface area contributed by atoms with Gasteiger partial charge in [0, 0.05) is 43.4 Å². The van der Waals surface area contributed by atoms with Gasteiger partial charge >= 0.3 is 0 Å². The number of nitro groups is 1. The van der Waals surface area contributed by atoms with Crippen molar-refractivity contribution in [2.45, 2.75) is 31.4 Å². The van der Waals surface area contributed by atoms with E-state index in [0.717, 1.165) is 35.1 Å². The van der Waals surface area contributed by atoms with Crippen LogP contribution in [0.15, 0.2) is 66.7 Å². The normalized spacial score (nSPS) is 15.8. The lowest BCUT2D eigenvalue weighted by Gasteiger charge is -2.39. The Bertz CT molecular complexity index is 1390. The minimum absolute atomic E-state index is 0. The van der Waals surface area contributed by atoms with E-state index in [9.17, 15) is 23.6 Å². The summed E-state index contributed by atoms with van der Waals surface area (Å²) in [4.78, 5) is 12.6. The molecule has 2 unspecified atom stereocenters. The van der Waals surface area contributed by atoms with E-state index in [2.05, 4.69) is 9.62 Å². The molecule has 0 saturated carbocycles. The maximum absolute atomic E-state index is 11.7. The molecular weight excluding hydrogens is 558 g/mol. The number of non-ortho nitro benzene ring substituents is 1. The zero-order valence-electron chi connectivity index (χ0n) is 22.4. The molecule has 0 radical (unpaired) electrons. The number of benzene rings is 3. The van der Waals surface area contributed by atoms with Crippen molar-refractivity contribution in [1.82, 2.24) is 4.90 Å². The van der Waals surface area contributed by atoms with Crippen LogP contribution in [0.4, 0.5) is 11.4 Å². The number of hydrogen-bond acceptors (Lipinski definition) is 8. The third-order valence-corrected chi connectivity index (χ3v) is 7.32. The predicted molar refractivity (Wildman–Crippen MR) is 156 cm³/mol. The highest BCUT2D eigenvalue weighted by molar-refractivity contribution is 7.92. The van der Waals surface area contributed by atoms with Crippen molar-refractivity contribution < 1.29 is 27.9 Å². The van der Waals surface area contributed by atoms with Crippen molar-refractivity contribution in [3.05, 3.63) is 93.5 Å². The van der Waals surface area contributed by atoms with Gasteiger partial charge < -0.3 is 14.6 Å². The lowest BCUT2D eigenvalue weighted by molar-refractivity contribution is -0.384. The van der Waals surface area contributed by atoms with E-state index in [1.807, 2.05) is 36.4 Å². The Morgan fingerprint density at radius 1 is 1.10 bits per heavy atom. The molecule has 12 heteroatoms. The van der Waals surface area contributed by atoms with Crippen molar-refractivity contribution in [1.29, 1.82) is 0 Å². The van der Waals surface area contributed by atoms with Crippen LogP contribution in [-0.4, -0.2) is 62.5 Å². The van der Waals surface area contributed by atoms with Crippen LogP contribution in [0.25, 0.3) is 0 Å². The molecule has 3 aromatic carbocycles. The molecule has 40 heavy (non-hydrogen) atoms. The van der Waals surface area contributed by atoms with E-state index < -0.39 is 21.1 Å². The molecule has 0 spiro atoms. The highest BCUT2D eigenvalue weighted by atomic mass is 35.5. The standard InChI is InChI=1S/C28H33N3O7S.ClH/c1-37-25-8-3-20(4-9-25)17-28-27-12-5-22(29-39(2,35)36)18-21(27)13-15-30(28)19-24(32)14-16-38-26-10-6-23(7-11-26)31(33)34;/h3-12,18,24,28-29,32H,13-17,19H2,1-2H3;1H. The maximum Gasteiger partial charge on any atom is 0.269 e. The van der Waals surface area contributed by atoms with Gasteiger partial charge in [0.2, 0.25) is 10.0 Å². The molecule has 3 aromatic rings. The van der Waals surface area contributed by atoms with E-state index in [1.54, 1.807) is 25.3 Å². The number of methoxy groups -OCH3 is 1. The summed E-state index contributed by atoms with van der Waals surface area (Å²) in [5.41, 5.74) is 3.83. The van der Waals surface area contributed by atoms with Crippen LogP contribution in [-0.2, 0) is 22.9 Å². The zero-order valence-corrected chi connectivity index (χ0v) is 24.0.